The molecular weight excluding hydrogens is 196 g/mol. The molecule has 4 atom stereocenters. The Bertz CT molecular complexity index is 305. The van der Waals surface area contributed by atoms with E-state index in [1.165, 1.54) is 0 Å². The van der Waals surface area contributed by atoms with Crippen molar-refractivity contribution in [2.24, 2.45) is 22.7 Å². The van der Waals surface area contributed by atoms with Gasteiger partial charge in [0.05, 0.1) is 10.8 Å². The van der Waals surface area contributed by atoms with Crippen LogP contribution in [-0.2, 0) is 9.59 Å². The lowest BCUT2D eigenvalue weighted by Gasteiger charge is -2.43. The van der Waals surface area contributed by atoms with Gasteiger partial charge in [-0.1, -0.05) is 0 Å². The van der Waals surface area contributed by atoms with Crippen LogP contribution < -0.4 is 0 Å². The minimum atomic E-state index is -1.10. The SMILES string of the molecule is C[C@]1(C(=O)O)[C@@H]2CC[C@@H](C2)[C@@]1(C)C(=O)O. The molecule has 0 unspecified atom stereocenters. The van der Waals surface area contributed by atoms with Crippen molar-refractivity contribution in [1.82, 2.24) is 0 Å². The van der Waals surface area contributed by atoms with Gasteiger partial charge in [-0.15, -0.1) is 0 Å². The van der Waals surface area contributed by atoms with Crippen molar-refractivity contribution < 1.29 is 19.8 Å². The largest absolute Gasteiger partial charge is 0.481 e. The molecule has 2 N–H and O–H groups in total. The summed E-state index contributed by atoms with van der Waals surface area (Å²) >= 11 is 0. The molecule has 2 fully saturated rings. The Morgan fingerprint density at radius 3 is 1.60 bits per heavy atom. The van der Waals surface area contributed by atoms with E-state index in [9.17, 15) is 19.8 Å². The Morgan fingerprint density at radius 2 is 1.33 bits per heavy atom. The molecule has 0 radical (unpaired) electrons. The van der Waals surface area contributed by atoms with Crippen LogP contribution in [-0.4, -0.2) is 22.2 Å². The zero-order chi connectivity index (χ0) is 11.4. The molecule has 0 amide bonds. The number of carboxylic acid groups (broad SMARTS) is 2. The lowest BCUT2D eigenvalue weighted by Crippen LogP contribution is -2.52. The summed E-state index contributed by atoms with van der Waals surface area (Å²) in [5.74, 6) is -1.86. The van der Waals surface area contributed by atoms with Crippen molar-refractivity contribution in [1.29, 1.82) is 0 Å². The van der Waals surface area contributed by atoms with Gasteiger partial charge in [0, 0.05) is 0 Å². The first-order valence-corrected chi connectivity index (χ1v) is 5.32. The van der Waals surface area contributed by atoms with Crippen molar-refractivity contribution in [2.45, 2.75) is 33.1 Å². The van der Waals surface area contributed by atoms with Crippen LogP contribution in [0, 0.1) is 22.7 Å². The lowest BCUT2D eigenvalue weighted by molar-refractivity contribution is -0.177. The summed E-state index contributed by atoms with van der Waals surface area (Å²) in [7, 11) is 0. The molecule has 15 heavy (non-hydrogen) atoms. The second-order valence-electron chi connectivity index (χ2n) is 5.22. The summed E-state index contributed by atoms with van der Waals surface area (Å²) in [6.07, 6.45) is 2.47. The van der Waals surface area contributed by atoms with Crippen molar-refractivity contribution in [3.63, 3.8) is 0 Å². The smallest absolute Gasteiger partial charge is 0.310 e. The maximum atomic E-state index is 11.4. The Balaban J connectivity index is 2.53. The van der Waals surface area contributed by atoms with E-state index in [4.69, 9.17) is 0 Å². The second kappa shape index (κ2) is 2.74. The van der Waals surface area contributed by atoms with E-state index in [1.807, 2.05) is 0 Å². The van der Waals surface area contributed by atoms with Crippen molar-refractivity contribution in [2.75, 3.05) is 0 Å². The topological polar surface area (TPSA) is 74.6 Å². The standard InChI is InChI=1S/C11H16O4/c1-10(8(12)13)6-3-4-7(5-6)11(10,2)9(14)15/h6-7H,3-5H2,1-2H3,(H,12,13)(H,14,15)/t6-,7+,10-,11+. The van der Waals surface area contributed by atoms with Gasteiger partial charge in [-0.05, 0) is 44.9 Å². The highest BCUT2D eigenvalue weighted by Gasteiger charge is 2.70. The van der Waals surface area contributed by atoms with Crippen LogP contribution in [0.2, 0.25) is 0 Å². The number of carbonyl (C=O) groups is 2. The highest BCUT2D eigenvalue weighted by molar-refractivity contribution is 5.88. The van der Waals surface area contributed by atoms with Gasteiger partial charge in [-0.3, -0.25) is 9.59 Å². The summed E-state index contributed by atoms with van der Waals surface area (Å²) in [5, 5.41) is 18.6. The number of hydrogen-bond acceptors (Lipinski definition) is 2. The van der Waals surface area contributed by atoms with Gasteiger partial charge >= 0.3 is 11.9 Å². The van der Waals surface area contributed by atoms with E-state index in [1.54, 1.807) is 13.8 Å². The highest BCUT2D eigenvalue weighted by Crippen LogP contribution is 2.66. The summed E-state index contributed by atoms with van der Waals surface area (Å²) in [6, 6.07) is 0. The molecule has 0 aromatic carbocycles. The Kier molecular flexibility index (Phi) is 1.91. The minimum Gasteiger partial charge on any atom is -0.481 e. The normalized spacial score (nSPS) is 48.1. The zero-order valence-electron chi connectivity index (χ0n) is 8.99. The summed E-state index contributed by atoms with van der Waals surface area (Å²) in [4.78, 5) is 22.7. The van der Waals surface area contributed by atoms with E-state index < -0.39 is 22.8 Å². The molecule has 0 heterocycles. The molecule has 4 heteroatoms. The first kappa shape index (κ1) is 10.5. The second-order valence-corrected chi connectivity index (χ2v) is 5.22. The van der Waals surface area contributed by atoms with E-state index in [0.717, 1.165) is 19.3 Å². The maximum Gasteiger partial charge on any atom is 0.310 e. The molecule has 0 aromatic rings. The summed E-state index contributed by atoms with van der Waals surface area (Å²) in [5.41, 5.74) is -2.19. The van der Waals surface area contributed by atoms with Gasteiger partial charge in [0.1, 0.15) is 0 Å². The first-order valence-electron chi connectivity index (χ1n) is 5.32. The molecule has 2 rings (SSSR count). The van der Waals surface area contributed by atoms with Crippen LogP contribution in [0.25, 0.3) is 0 Å². The Hall–Kier alpha value is -1.06. The number of rotatable bonds is 2. The van der Waals surface area contributed by atoms with Gasteiger partial charge in [0.15, 0.2) is 0 Å². The van der Waals surface area contributed by atoms with Crippen LogP contribution in [0.3, 0.4) is 0 Å². The van der Waals surface area contributed by atoms with Crippen molar-refractivity contribution in [3.8, 4) is 0 Å². The molecule has 84 valence electrons. The Labute approximate surface area is 88.3 Å². The molecule has 0 aromatic heterocycles. The van der Waals surface area contributed by atoms with Crippen LogP contribution in [0.4, 0.5) is 0 Å². The molecule has 0 saturated heterocycles. The van der Waals surface area contributed by atoms with Gasteiger partial charge in [-0.25, -0.2) is 0 Å². The molecule has 2 bridgehead atoms. The fourth-order valence-corrected chi connectivity index (χ4v) is 3.67. The predicted molar refractivity (Wildman–Crippen MR) is 52.3 cm³/mol. The number of fused-ring (bicyclic) bond motifs is 2. The first-order chi connectivity index (χ1) is 6.85. The molecule has 2 aliphatic carbocycles. The third-order valence-corrected chi connectivity index (χ3v) is 5.03. The van der Waals surface area contributed by atoms with Crippen LogP contribution >= 0.6 is 0 Å². The van der Waals surface area contributed by atoms with Crippen molar-refractivity contribution in [3.05, 3.63) is 0 Å². The van der Waals surface area contributed by atoms with E-state index in [-0.39, 0.29) is 11.8 Å². The lowest BCUT2D eigenvalue weighted by atomic mass is 9.57. The van der Waals surface area contributed by atoms with Gasteiger partial charge < -0.3 is 10.2 Å². The zero-order valence-corrected chi connectivity index (χ0v) is 8.99. The number of hydrogen-bond donors (Lipinski definition) is 2. The fraction of sp³-hybridized carbons (Fsp3) is 0.818. The average molecular weight is 212 g/mol. The quantitative estimate of drug-likeness (QED) is 0.729. The van der Waals surface area contributed by atoms with Crippen LogP contribution in [0.15, 0.2) is 0 Å². The molecule has 0 spiro atoms. The predicted octanol–water partition coefficient (Wildman–Crippen LogP) is 1.60. The van der Waals surface area contributed by atoms with Gasteiger partial charge in [0.2, 0.25) is 0 Å². The van der Waals surface area contributed by atoms with E-state index in [2.05, 4.69) is 0 Å². The van der Waals surface area contributed by atoms with Gasteiger partial charge in [0.25, 0.3) is 0 Å². The minimum absolute atomic E-state index is 0.0288. The average Bonchev–Trinajstić information content (AvgIpc) is 2.69. The van der Waals surface area contributed by atoms with Crippen LogP contribution in [0.5, 0.6) is 0 Å². The van der Waals surface area contributed by atoms with Crippen molar-refractivity contribution >= 4 is 11.9 Å². The molecule has 4 nitrogen and oxygen atoms in total. The van der Waals surface area contributed by atoms with Gasteiger partial charge in [-0.2, -0.15) is 0 Å². The highest BCUT2D eigenvalue weighted by atomic mass is 16.4. The molecular formula is C11H16O4. The third kappa shape index (κ3) is 0.924. The molecule has 2 saturated carbocycles. The third-order valence-electron chi connectivity index (χ3n) is 5.03. The molecule has 2 aliphatic rings. The molecule has 0 aliphatic heterocycles. The monoisotopic (exact) mass is 212 g/mol. The number of carboxylic acids is 2. The Morgan fingerprint density at radius 1 is 1.00 bits per heavy atom. The van der Waals surface area contributed by atoms with E-state index >= 15 is 0 Å². The fourth-order valence-electron chi connectivity index (χ4n) is 3.67. The maximum absolute atomic E-state index is 11.4. The van der Waals surface area contributed by atoms with E-state index in [0.29, 0.717) is 0 Å². The summed E-state index contributed by atoms with van der Waals surface area (Å²) < 4.78 is 0. The number of aliphatic carboxylic acids is 2. The van der Waals surface area contributed by atoms with Crippen LogP contribution in [0.1, 0.15) is 33.1 Å². The summed E-state index contributed by atoms with van der Waals surface area (Å²) in [6.45, 7) is 3.21.